The highest BCUT2D eigenvalue weighted by Gasteiger charge is 2.23. The third-order valence-electron chi connectivity index (χ3n) is 5.38. The van der Waals surface area contributed by atoms with Gasteiger partial charge in [-0.15, -0.1) is 0 Å². The zero-order valence-electron chi connectivity index (χ0n) is 18.9. The van der Waals surface area contributed by atoms with Crippen molar-refractivity contribution in [1.29, 1.82) is 0 Å². The Bertz CT molecular complexity index is 1080. The molecule has 1 unspecified atom stereocenters. The number of methoxy groups -OCH3 is 1. The number of hydrogen-bond acceptors (Lipinski definition) is 6. The Morgan fingerprint density at radius 2 is 1.88 bits per heavy atom. The topological polar surface area (TPSA) is 82.1 Å². The van der Waals surface area contributed by atoms with E-state index in [-0.39, 0.29) is 29.8 Å². The summed E-state index contributed by atoms with van der Waals surface area (Å²) in [6, 6.07) is 15.6. The normalized spacial score (nSPS) is 17.9. The highest BCUT2D eigenvalue weighted by atomic mass is 32.2. The van der Waals surface area contributed by atoms with Crippen LogP contribution in [0.25, 0.3) is 0 Å². The lowest BCUT2D eigenvalue weighted by Gasteiger charge is -2.21. The zero-order valence-corrected chi connectivity index (χ0v) is 19.8. The van der Waals surface area contributed by atoms with Gasteiger partial charge in [-0.1, -0.05) is 53.8 Å². The first kappa shape index (κ1) is 25.0. The van der Waals surface area contributed by atoms with E-state index in [0.29, 0.717) is 13.0 Å². The molecular formula is C26H30O6S. The molecule has 1 heterocycles. The van der Waals surface area contributed by atoms with Crippen LogP contribution in [0.1, 0.15) is 25.3 Å². The average molecular weight is 471 g/mol. The van der Waals surface area contributed by atoms with Crippen LogP contribution in [0, 0.1) is 11.8 Å². The van der Waals surface area contributed by atoms with Crippen molar-refractivity contribution in [2.24, 2.45) is 0 Å². The Labute approximate surface area is 196 Å². The van der Waals surface area contributed by atoms with Crippen molar-refractivity contribution in [1.82, 2.24) is 0 Å². The molecule has 33 heavy (non-hydrogen) atoms. The standard InChI is InChI=1S/C26H30O6S/c1-20-14-16-31-23(18-20)12-13-25(27)26(32-19-21-8-10-22(30-2)11-9-21)15-17-33(28,29)24-6-4-3-5-7-24/h3-11,14,23,25-27H,15-19H2,1-2H3/t23-,25?,26+/m1/s1. The summed E-state index contributed by atoms with van der Waals surface area (Å²) in [4.78, 5) is 0.248. The second kappa shape index (κ2) is 12.0. The molecule has 0 radical (unpaired) electrons. The van der Waals surface area contributed by atoms with Crippen LogP contribution in [0.3, 0.4) is 0 Å². The SMILES string of the molecule is COc1ccc(CO[C@@H](CCS(=O)(=O)c2ccccc2)C(O)C#C[C@@H]2CC(C)=CCO2)cc1. The first-order chi connectivity index (χ1) is 15.9. The van der Waals surface area contributed by atoms with Crippen LogP contribution < -0.4 is 4.74 Å². The fraction of sp³-hybridized carbons (Fsp3) is 0.385. The van der Waals surface area contributed by atoms with Gasteiger partial charge in [0, 0.05) is 6.42 Å². The van der Waals surface area contributed by atoms with Gasteiger partial charge in [0.15, 0.2) is 9.84 Å². The average Bonchev–Trinajstić information content (AvgIpc) is 2.83. The minimum atomic E-state index is -3.51. The van der Waals surface area contributed by atoms with E-state index < -0.39 is 22.0 Å². The molecule has 2 aromatic carbocycles. The highest BCUT2D eigenvalue weighted by molar-refractivity contribution is 7.91. The molecule has 6 nitrogen and oxygen atoms in total. The molecule has 1 aliphatic heterocycles. The van der Waals surface area contributed by atoms with E-state index >= 15 is 0 Å². The molecule has 0 saturated heterocycles. The fourth-order valence-corrected chi connectivity index (χ4v) is 4.73. The summed E-state index contributed by atoms with van der Waals surface area (Å²) in [7, 11) is -1.92. The molecule has 7 heteroatoms. The van der Waals surface area contributed by atoms with Gasteiger partial charge < -0.3 is 19.3 Å². The predicted molar refractivity (Wildman–Crippen MR) is 127 cm³/mol. The van der Waals surface area contributed by atoms with Crippen molar-refractivity contribution >= 4 is 9.84 Å². The maximum Gasteiger partial charge on any atom is 0.178 e. The summed E-state index contributed by atoms with van der Waals surface area (Å²) in [6.45, 7) is 2.72. The summed E-state index contributed by atoms with van der Waals surface area (Å²) in [6.07, 6.45) is 0.569. The smallest absolute Gasteiger partial charge is 0.178 e. The lowest BCUT2D eigenvalue weighted by molar-refractivity contribution is -0.0244. The van der Waals surface area contributed by atoms with Gasteiger partial charge in [0.2, 0.25) is 0 Å². The van der Waals surface area contributed by atoms with E-state index in [1.54, 1.807) is 37.4 Å². The lowest BCUT2D eigenvalue weighted by Crippen LogP contribution is -2.30. The quantitative estimate of drug-likeness (QED) is 0.446. The van der Waals surface area contributed by atoms with E-state index in [0.717, 1.165) is 11.3 Å². The van der Waals surface area contributed by atoms with E-state index in [9.17, 15) is 13.5 Å². The van der Waals surface area contributed by atoms with Gasteiger partial charge in [-0.3, -0.25) is 0 Å². The van der Waals surface area contributed by atoms with E-state index in [2.05, 4.69) is 11.8 Å². The van der Waals surface area contributed by atoms with Crippen LogP contribution in [0.5, 0.6) is 5.75 Å². The van der Waals surface area contributed by atoms with Crippen molar-refractivity contribution in [2.75, 3.05) is 19.5 Å². The van der Waals surface area contributed by atoms with E-state index in [1.807, 2.05) is 37.3 Å². The molecular weight excluding hydrogens is 440 g/mol. The van der Waals surface area contributed by atoms with Crippen LogP contribution in [-0.2, 0) is 25.9 Å². The molecule has 3 rings (SSSR count). The molecule has 0 fully saturated rings. The lowest BCUT2D eigenvalue weighted by atomic mass is 10.1. The molecule has 0 bridgehead atoms. The summed E-state index contributed by atoms with van der Waals surface area (Å²) in [5, 5.41) is 10.7. The van der Waals surface area contributed by atoms with Gasteiger partial charge in [-0.2, -0.15) is 0 Å². The van der Waals surface area contributed by atoms with Crippen LogP contribution in [0.2, 0.25) is 0 Å². The first-order valence-corrected chi connectivity index (χ1v) is 12.5. The molecule has 2 aromatic rings. The maximum absolute atomic E-state index is 12.7. The second-order valence-corrected chi connectivity index (χ2v) is 10.0. The fourth-order valence-electron chi connectivity index (χ4n) is 3.38. The Hall–Kier alpha value is -2.63. The molecule has 0 aromatic heterocycles. The maximum atomic E-state index is 12.7. The van der Waals surface area contributed by atoms with E-state index in [4.69, 9.17) is 14.2 Å². The first-order valence-electron chi connectivity index (χ1n) is 10.9. The monoisotopic (exact) mass is 470 g/mol. The van der Waals surface area contributed by atoms with Gasteiger partial charge in [-0.25, -0.2) is 8.42 Å². The number of aliphatic hydroxyl groups is 1. The predicted octanol–water partition coefficient (Wildman–Crippen LogP) is 3.54. The van der Waals surface area contributed by atoms with Crippen molar-refractivity contribution in [2.45, 2.75) is 49.6 Å². The molecule has 0 aliphatic carbocycles. The Morgan fingerprint density at radius 3 is 2.55 bits per heavy atom. The Morgan fingerprint density at radius 1 is 1.15 bits per heavy atom. The number of sulfone groups is 1. The molecule has 0 spiro atoms. The van der Waals surface area contributed by atoms with Crippen molar-refractivity contribution in [3.63, 3.8) is 0 Å². The number of aliphatic hydroxyl groups excluding tert-OH is 1. The second-order valence-electron chi connectivity index (χ2n) is 7.93. The minimum Gasteiger partial charge on any atom is -0.497 e. The number of hydrogen-bond donors (Lipinski definition) is 1. The Balaban J connectivity index is 1.69. The van der Waals surface area contributed by atoms with E-state index in [1.165, 1.54) is 5.57 Å². The molecule has 1 N–H and O–H groups in total. The summed E-state index contributed by atoms with van der Waals surface area (Å²) < 4.78 is 42.2. The van der Waals surface area contributed by atoms with Crippen molar-refractivity contribution in [3.8, 4) is 17.6 Å². The van der Waals surface area contributed by atoms with Crippen LogP contribution in [0.15, 0.2) is 71.1 Å². The summed E-state index contributed by atoms with van der Waals surface area (Å²) in [5.74, 6) is 6.35. The van der Waals surface area contributed by atoms with Crippen molar-refractivity contribution in [3.05, 3.63) is 71.8 Å². The number of ether oxygens (including phenoxy) is 3. The van der Waals surface area contributed by atoms with Crippen LogP contribution >= 0.6 is 0 Å². The van der Waals surface area contributed by atoms with Gasteiger partial charge in [0.05, 0.1) is 37.1 Å². The molecule has 176 valence electrons. The van der Waals surface area contributed by atoms with Gasteiger partial charge >= 0.3 is 0 Å². The summed E-state index contributed by atoms with van der Waals surface area (Å²) >= 11 is 0. The third kappa shape index (κ3) is 7.72. The zero-order chi connectivity index (χ0) is 23.7. The number of benzene rings is 2. The molecule has 3 atom stereocenters. The van der Waals surface area contributed by atoms with Gasteiger partial charge in [0.25, 0.3) is 0 Å². The Kier molecular flexibility index (Phi) is 9.10. The number of rotatable bonds is 9. The molecule has 0 saturated carbocycles. The van der Waals surface area contributed by atoms with Gasteiger partial charge in [0.1, 0.15) is 18.0 Å². The van der Waals surface area contributed by atoms with Crippen molar-refractivity contribution < 1.29 is 27.7 Å². The third-order valence-corrected chi connectivity index (χ3v) is 7.14. The highest BCUT2D eigenvalue weighted by Crippen LogP contribution is 2.18. The van der Waals surface area contributed by atoms with Crippen LogP contribution in [0.4, 0.5) is 0 Å². The van der Waals surface area contributed by atoms with Gasteiger partial charge in [-0.05, 0) is 43.2 Å². The summed E-state index contributed by atoms with van der Waals surface area (Å²) in [5.41, 5.74) is 2.07. The molecule has 0 amide bonds. The van der Waals surface area contributed by atoms with Crippen LogP contribution in [-0.4, -0.2) is 51.3 Å². The molecule has 1 aliphatic rings. The largest absolute Gasteiger partial charge is 0.497 e. The minimum absolute atomic E-state index is 0.105.